The number of amides is 1. The van der Waals surface area contributed by atoms with E-state index in [1.807, 2.05) is 73.8 Å². The van der Waals surface area contributed by atoms with E-state index in [9.17, 15) is 4.79 Å². The number of fused-ring (bicyclic) bond motifs is 2. The summed E-state index contributed by atoms with van der Waals surface area (Å²) in [5, 5.41) is 12.7. The van der Waals surface area contributed by atoms with E-state index in [2.05, 4.69) is 26.8 Å². The number of benzene rings is 3. The van der Waals surface area contributed by atoms with E-state index in [0.29, 0.717) is 12.1 Å². The topological polar surface area (TPSA) is 74.7 Å². The molecule has 6 heteroatoms. The quantitative estimate of drug-likeness (QED) is 0.395. The van der Waals surface area contributed by atoms with Crippen molar-refractivity contribution in [1.82, 2.24) is 14.8 Å². The van der Waals surface area contributed by atoms with Crippen LogP contribution in [0.1, 0.15) is 16.1 Å². The predicted molar refractivity (Wildman–Crippen MR) is 121 cm³/mol. The first-order valence-corrected chi connectivity index (χ1v) is 9.79. The normalized spacial score (nSPS) is 11.1. The maximum Gasteiger partial charge on any atom is 0.255 e. The highest BCUT2D eigenvalue weighted by Gasteiger charge is 2.10. The average Bonchev–Trinajstić information content (AvgIpc) is 3.35. The standard InChI is InChI=1S/C24H21N5O/c1-29-23-10-8-17(11-18(23)14-26-29)24(30)28-20-9-7-16-12-21(27-22(16)13-20)15-25-19-5-3-2-4-6-19/h2-14,25,27H,15H2,1H3,(H,28,30). The smallest absolute Gasteiger partial charge is 0.255 e. The lowest BCUT2D eigenvalue weighted by Crippen LogP contribution is -2.11. The Kier molecular flexibility index (Phi) is 4.44. The Hall–Kier alpha value is -4.06. The van der Waals surface area contributed by atoms with Crippen molar-refractivity contribution in [3.05, 3.63) is 90.3 Å². The van der Waals surface area contributed by atoms with Gasteiger partial charge in [0, 0.05) is 40.6 Å². The molecule has 2 heterocycles. The number of hydrogen-bond acceptors (Lipinski definition) is 3. The second kappa shape index (κ2) is 7.40. The fourth-order valence-corrected chi connectivity index (χ4v) is 3.62. The Balaban J connectivity index is 1.32. The highest BCUT2D eigenvalue weighted by atomic mass is 16.1. The van der Waals surface area contributed by atoms with Crippen LogP contribution >= 0.6 is 0 Å². The van der Waals surface area contributed by atoms with Crippen molar-refractivity contribution in [3.63, 3.8) is 0 Å². The van der Waals surface area contributed by atoms with Crippen molar-refractivity contribution in [2.75, 3.05) is 10.6 Å². The Morgan fingerprint density at radius 1 is 0.967 bits per heavy atom. The van der Waals surface area contributed by atoms with E-state index in [4.69, 9.17) is 0 Å². The molecule has 0 fully saturated rings. The van der Waals surface area contributed by atoms with Gasteiger partial charge in [-0.2, -0.15) is 5.10 Å². The van der Waals surface area contributed by atoms with Gasteiger partial charge in [-0.3, -0.25) is 9.48 Å². The summed E-state index contributed by atoms with van der Waals surface area (Å²) in [4.78, 5) is 16.1. The minimum atomic E-state index is -0.141. The van der Waals surface area contributed by atoms with Gasteiger partial charge in [0.15, 0.2) is 0 Å². The molecule has 1 amide bonds. The third-order valence-electron chi connectivity index (χ3n) is 5.20. The van der Waals surface area contributed by atoms with Crippen LogP contribution in [0.25, 0.3) is 21.8 Å². The average molecular weight is 395 g/mol. The summed E-state index contributed by atoms with van der Waals surface area (Å²) in [6, 6.07) is 23.7. The molecule has 0 spiro atoms. The van der Waals surface area contributed by atoms with Gasteiger partial charge in [-0.05, 0) is 53.9 Å². The fourth-order valence-electron chi connectivity index (χ4n) is 3.62. The molecule has 0 unspecified atom stereocenters. The van der Waals surface area contributed by atoms with Crippen molar-refractivity contribution in [1.29, 1.82) is 0 Å². The number of anilines is 2. The molecule has 3 N–H and O–H groups in total. The summed E-state index contributed by atoms with van der Waals surface area (Å²) >= 11 is 0. The Morgan fingerprint density at radius 3 is 2.70 bits per heavy atom. The van der Waals surface area contributed by atoms with E-state index in [1.165, 1.54) is 0 Å². The molecule has 0 aliphatic heterocycles. The first-order valence-electron chi connectivity index (χ1n) is 9.79. The number of H-pyrrole nitrogens is 1. The van der Waals surface area contributed by atoms with Crippen LogP contribution in [-0.2, 0) is 13.6 Å². The molecule has 0 bridgehead atoms. The van der Waals surface area contributed by atoms with E-state index >= 15 is 0 Å². The van der Waals surface area contributed by atoms with E-state index in [1.54, 1.807) is 10.9 Å². The molecule has 0 saturated carbocycles. The summed E-state index contributed by atoms with van der Waals surface area (Å²) in [5.74, 6) is -0.141. The SMILES string of the molecule is Cn1ncc2cc(C(=O)Nc3ccc4cc(CNc5ccccc5)[nH]c4c3)ccc21. The second-order valence-corrected chi connectivity index (χ2v) is 7.31. The second-order valence-electron chi connectivity index (χ2n) is 7.31. The van der Waals surface area contributed by atoms with Crippen LogP contribution < -0.4 is 10.6 Å². The number of carbonyl (C=O) groups excluding carboxylic acids is 1. The summed E-state index contributed by atoms with van der Waals surface area (Å²) in [6.45, 7) is 0.700. The maximum atomic E-state index is 12.7. The number of nitrogens with zero attached hydrogens (tertiary/aromatic N) is 2. The maximum absolute atomic E-state index is 12.7. The van der Waals surface area contributed by atoms with Crippen LogP contribution in [-0.4, -0.2) is 20.7 Å². The van der Waals surface area contributed by atoms with Crippen LogP contribution in [0.3, 0.4) is 0 Å². The first kappa shape index (κ1) is 18.0. The zero-order valence-electron chi connectivity index (χ0n) is 16.5. The van der Waals surface area contributed by atoms with Crippen LogP contribution in [0.2, 0.25) is 0 Å². The van der Waals surface area contributed by atoms with Gasteiger partial charge in [-0.1, -0.05) is 24.3 Å². The van der Waals surface area contributed by atoms with Crippen molar-refractivity contribution in [3.8, 4) is 0 Å². The molecule has 30 heavy (non-hydrogen) atoms. The van der Waals surface area contributed by atoms with Crippen molar-refractivity contribution in [2.24, 2.45) is 7.05 Å². The van der Waals surface area contributed by atoms with Gasteiger partial charge in [-0.25, -0.2) is 0 Å². The van der Waals surface area contributed by atoms with Gasteiger partial charge in [-0.15, -0.1) is 0 Å². The van der Waals surface area contributed by atoms with Gasteiger partial charge < -0.3 is 15.6 Å². The number of carbonyl (C=O) groups is 1. The molecule has 6 nitrogen and oxygen atoms in total. The third kappa shape index (κ3) is 3.51. The highest BCUT2D eigenvalue weighted by Crippen LogP contribution is 2.22. The van der Waals surface area contributed by atoms with Crippen molar-refractivity contribution >= 4 is 39.1 Å². The zero-order valence-corrected chi connectivity index (χ0v) is 16.5. The molecule has 0 radical (unpaired) electrons. The van der Waals surface area contributed by atoms with E-state index in [0.717, 1.165) is 38.9 Å². The summed E-state index contributed by atoms with van der Waals surface area (Å²) in [6.07, 6.45) is 1.77. The molecule has 0 aliphatic rings. The Bertz CT molecular complexity index is 1350. The number of aryl methyl sites for hydroxylation is 1. The third-order valence-corrected chi connectivity index (χ3v) is 5.20. The van der Waals surface area contributed by atoms with Gasteiger partial charge in [0.05, 0.1) is 18.3 Å². The number of aromatic amines is 1. The van der Waals surface area contributed by atoms with E-state index in [-0.39, 0.29) is 5.91 Å². The van der Waals surface area contributed by atoms with Crippen molar-refractivity contribution in [2.45, 2.75) is 6.54 Å². The summed E-state index contributed by atoms with van der Waals surface area (Å²) in [7, 11) is 1.89. The molecule has 3 aromatic carbocycles. The molecule has 0 atom stereocenters. The molecule has 5 aromatic rings. The molecule has 5 rings (SSSR count). The lowest BCUT2D eigenvalue weighted by Gasteiger charge is -2.06. The molecule has 2 aromatic heterocycles. The van der Waals surface area contributed by atoms with Crippen LogP contribution in [0.5, 0.6) is 0 Å². The molecule has 0 aliphatic carbocycles. The van der Waals surface area contributed by atoms with E-state index < -0.39 is 0 Å². The predicted octanol–water partition coefficient (Wildman–Crippen LogP) is 4.92. The largest absolute Gasteiger partial charge is 0.379 e. The van der Waals surface area contributed by atoms with Crippen LogP contribution in [0.15, 0.2) is 79.0 Å². The molecule has 0 saturated heterocycles. The minimum absolute atomic E-state index is 0.141. The monoisotopic (exact) mass is 395 g/mol. The minimum Gasteiger partial charge on any atom is -0.379 e. The van der Waals surface area contributed by atoms with Crippen molar-refractivity contribution < 1.29 is 4.79 Å². The first-order chi connectivity index (χ1) is 14.7. The summed E-state index contributed by atoms with van der Waals surface area (Å²) < 4.78 is 1.79. The molecule has 148 valence electrons. The number of aromatic nitrogens is 3. The lowest BCUT2D eigenvalue weighted by molar-refractivity contribution is 0.102. The zero-order chi connectivity index (χ0) is 20.5. The molecular weight excluding hydrogens is 374 g/mol. The van der Waals surface area contributed by atoms with Gasteiger partial charge >= 0.3 is 0 Å². The fraction of sp³-hybridized carbons (Fsp3) is 0.0833. The Morgan fingerprint density at radius 2 is 1.83 bits per heavy atom. The molecular formula is C24H21N5O. The van der Waals surface area contributed by atoms with Crippen LogP contribution in [0.4, 0.5) is 11.4 Å². The van der Waals surface area contributed by atoms with Gasteiger partial charge in [0.25, 0.3) is 5.91 Å². The van der Waals surface area contributed by atoms with Gasteiger partial charge in [0.2, 0.25) is 0 Å². The summed E-state index contributed by atoms with van der Waals surface area (Å²) in [5.41, 5.74) is 5.50. The Labute approximate surface area is 173 Å². The lowest BCUT2D eigenvalue weighted by atomic mass is 10.1. The van der Waals surface area contributed by atoms with Crippen LogP contribution in [0, 0.1) is 0 Å². The number of rotatable bonds is 5. The number of para-hydroxylation sites is 1. The number of nitrogens with one attached hydrogen (secondary N) is 3. The number of hydrogen-bond donors (Lipinski definition) is 3. The highest BCUT2D eigenvalue weighted by molar-refractivity contribution is 6.06. The van der Waals surface area contributed by atoms with Gasteiger partial charge in [0.1, 0.15) is 0 Å².